The minimum absolute atomic E-state index is 0.0686. The van der Waals surface area contributed by atoms with Crippen molar-refractivity contribution in [2.24, 2.45) is 0 Å². The summed E-state index contributed by atoms with van der Waals surface area (Å²) in [6.07, 6.45) is 3.20. The lowest BCUT2D eigenvalue weighted by Gasteiger charge is -2.14. The molecule has 0 unspecified atom stereocenters. The lowest BCUT2D eigenvalue weighted by Crippen LogP contribution is -2.23. The first-order valence-electron chi connectivity index (χ1n) is 8.20. The molecule has 1 saturated heterocycles. The number of para-hydroxylation sites is 1. The molecule has 0 radical (unpaired) electrons. The van der Waals surface area contributed by atoms with Gasteiger partial charge in [-0.2, -0.15) is 5.10 Å². The third kappa shape index (κ3) is 2.73. The zero-order valence-corrected chi connectivity index (χ0v) is 14.1. The summed E-state index contributed by atoms with van der Waals surface area (Å²) in [6.45, 7) is 0. The van der Waals surface area contributed by atoms with E-state index in [4.69, 9.17) is 0 Å². The van der Waals surface area contributed by atoms with E-state index in [0.717, 1.165) is 36.2 Å². The second-order valence-electron chi connectivity index (χ2n) is 6.45. The molecular weight excluding hydrogens is 326 g/mol. The van der Waals surface area contributed by atoms with Crippen molar-refractivity contribution in [3.63, 3.8) is 0 Å². The SMILES string of the molecule is O=C(Nc1ccccc1)c1c2c(nn1[C@@H]1CCS(=O)(=O)C1)CCC2. The van der Waals surface area contributed by atoms with E-state index >= 15 is 0 Å². The van der Waals surface area contributed by atoms with Crippen molar-refractivity contribution in [3.05, 3.63) is 47.3 Å². The molecule has 1 fully saturated rings. The molecule has 2 aromatic rings. The zero-order chi connectivity index (χ0) is 16.7. The van der Waals surface area contributed by atoms with Crippen LogP contribution in [0.1, 0.15) is 40.6 Å². The quantitative estimate of drug-likeness (QED) is 0.922. The minimum Gasteiger partial charge on any atom is -0.321 e. The Balaban J connectivity index is 1.70. The highest BCUT2D eigenvalue weighted by Crippen LogP contribution is 2.31. The molecule has 0 bridgehead atoms. The van der Waals surface area contributed by atoms with E-state index in [1.54, 1.807) is 4.68 Å². The number of anilines is 1. The molecule has 126 valence electrons. The fraction of sp³-hybridized carbons (Fsp3) is 0.412. The first kappa shape index (κ1) is 15.4. The lowest BCUT2D eigenvalue weighted by molar-refractivity contribution is 0.101. The molecule has 1 aromatic carbocycles. The number of aromatic nitrogens is 2. The van der Waals surface area contributed by atoms with Crippen molar-refractivity contribution in [3.8, 4) is 0 Å². The molecule has 1 amide bonds. The van der Waals surface area contributed by atoms with Gasteiger partial charge in [0.05, 0.1) is 23.2 Å². The molecule has 1 aliphatic heterocycles. The monoisotopic (exact) mass is 345 g/mol. The van der Waals surface area contributed by atoms with Crippen LogP contribution in [0, 0.1) is 0 Å². The van der Waals surface area contributed by atoms with Gasteiger partial charge in [-0.25, -0.2) is 8.42 Å². The summed E-state index contributed by atoms with van der Waals surface area (Å²) in [4.78, 5) is 12.9. The number of sulfone groups is 1. The second kappa shape index (κ2) is 5.73. The largest absolute Gasteiger partial charge is 0.321 e. The Bertz CT molecular complexity index is 887. The van der Waals surface area contributed by atoms with Gasteiger partial charge in [0.2, 0.25) is 0 Å². The Morgan fingerprint density at radius 3 is 2.71 bits per heavy atom. The molecule has 0 saturated carbocycles. The van der Waals surface area contributed by atoms with Gasteiger partial charge < -0.3 is 5.32 Å². The first-order valence-corrected chi connectivity index (χ1v) is 10.0. The molecule has 2 aliphatic rings. The molecule has 7 heteroatoms. The molecule has 1 atom stereocenters. The minimum atomic E-state index is -3.03. The van der Waals surface area contributed by atoms with Crippen LogP contribution < -0.4 is 5.32 Å². The van der Waals surface area contributed by atoms with Crippen LogP contribution in [0.2, 0.25) is 0 Å². The van der Waals surface area contributed by atoms with E-state index in [0.29, 0.717) is 12.1 Å². The predicted octanol–water partition coefficient (Wildman–Crippen LogP) is 1.98. The Labute approximate surface area is 140 Å². The van der Waals surface area contributed by atoms with Crippen molar-refractivity contribution < 1.29 is 13.2 Å². The normalized spacial score (nSPS) is 21.6. The number of nitrogens with one attached hydrogen (secondary N) is 1. The maximum Gasteiger partial charge on any atom is 0.274 e. The van der Waals surface area contributed by atoms with Gasteiger partial charge in [-0.15, -0.1) is 0 Å². The van der Waals surface area contributed by atoms with Crippen LogP contribution in [0.15, 0.2) is 30.3 Å². The van der Waals surface area contributed by atoms with E-state index in [1.165, 1.54) is 0 Å². The average Bonchev–Trinajstić information content (AvgIpc) is 3.21. The van der Waals surface area contributed by atoms with Gasteiger partial charge in [0.25, 0.3) is 5.91 Å². The number of hydrogen-bond acceptors (Lipinski definition) is 4. The standard InChI is InChI=1S/C17H19N3O3S/c21-17(18-12-5-2-1-3-6-12)16-14-7-4-8-15(14)19-20(16)13-9-10-24(22,23)11-13/h1-3,5-6,13H,4,7-11H2,(H,18,21)/t13-/m1/s1. The van der Waals surface area contributed by atoms with Crippen LogP contribution in [0.4, 0.5) is 5.69 Å². The smallest absolute Gasteiger partial charge is 0.274 e. The predicted molar refractivity (Wildman–Crippen MR) is 91.0 cm³/mol. The summed E-state index contributed by atoms with van der Waals surface area (Å²) in [5.41, 5.74) is 3.18. The molecule has 1 N–H and O–H groups in total. The molecule has 0 spiro atoms. The van der Waals surface area contributed by atoms with E-state index in [2.05, 4.69) is 10.4 Å². The van der Waals surface area contributed by atoms with Crippen LogP contribution in [0.25, 0.3) is 0 Å². The van der Waals surface area contributed by atoms with E-state index in [9.17, 15) is 13.2 Å². The summed E-state index contributed by atoms with van der Waals surface area (Å²) >= 11 is 0. The molecule has 24 heavy (non-hydrogen) atoms. The van der Waals surface area contributed by atoms with Crippen molar-refractivity contribution in [2.75, 3.05) is 16.8 Å². The number of hydrogen-bond donors (Lipinski definition) is 1. The van der Waals surface area contributed by atoms with Gasteiger partial charge in [0.1, 0.15) is 5.69 Å². The number of nitrogens with zero attached hydrogens (tertiary/aromatic N) is 2. The number of amides is 1. The maximum atomic E-state index is 12.9. The molecule has 2 heterocycles. The summed E-state index contributed by atoms with van der Waals surface area (Å²) in [6, 6.07) is 9.04. The van der Waals surface area contributed by atoms with Crippen molar-refractivity contribution >= 4 is 21.4 Å². The van der Waals surface area contributed by atoms with E-state index in [1.807, 2.05) is 30.3 Å². The van der Waals surface area contributed by atoms with Gasteiger partial charge in [-0.05, 0) is 37.8 Å². The Morgan fingerprint density at radius 2 is 2.00 bits per heavy atom. The van der Waals surface area contributed by atoms with Gasteiger partial charge in [-0.1, -0.05) is 18.2 Å². The molecule has 6 nitrogen and oxygen atoms in total. The van der Waals surface area contributed by atoms with Crippen LogP contribution in [0.5, 0.6) is 0 Å². The number of carbonyl (C=O) groups excluding carboxylic acids is 1. The number of rotatable bonds is 3. The summed E-state index contributed by atoms with van der Waals surface area (Å²) < 4.78 is 25.3. The average molecular weight is 345 g/mol. The second-order valence-corrected chi connectivity index (χ2v) is 8.68. The number of aryl methyl sites for hydroxylation is 1. The van der Waals surface area contributed by atoms with Crippen molar-refractivity contribution in [1.29, 1.82) is 0 Å². The van der Waals surface area contributed by atoms with Crippen LogP contribution in [-0.2, 0) is 22.7 Å². The lowest BCUT2D eigenvalue weighted by atomic mass is 10.1. The Hall–Kier alpha value is -2.15. The number of carbonyl (C=O) groups is 1. The highest BCUT2D eigenvalue weighted by atomic mass is 32.2. The van der Waals surface area contributed by atoms with Gasteiger partial charge in [-0.3, -0.25) is 9.48 Å². The zero-order valence-electron chi connectivity index (χ0n) is 13.2. The van der Waals surface area contributed by atoms with Crippen LogP contribution in [-0.4, -0.2) is 35.6 Å². The third-order valence-corrected chi connectivity index (χ3v) is 6.48. The Morgan fingerprint density at radius 1 is 1.21 bits per heavy atom. The van der Waals surface area contributed by atoms with E-state index < -0.39 is 9.84 Å². The molecular formula is C17H19N3O3S. The maximum absolute atomic E-state index is 12.9. The Kier molecular flexibility index (Phi) is 3.68. The first-order chi connectivity index (χ1) is 11.5. The number of fused-ring (bicyclic) bond motifs is 1. The highest BCUT2D eigenvalue weighted by molar-refractivity contribution is 7.91. The van der Waals surface area contributed by atoms with Crippen LogP contribution in [0.3, 0.4) is 0 Å². The molecule has 4 rings (SSSR count). The third-order valence-electron chi connectivity index (χ3n) is 4.73. The van der Waals surface area contributed by atoms with Crippen molar-refractivity contribution in [2.45, 2.75) is 31.7 Å². The number of benzene rings is 1. The highest BCUT2D eigenvalue weighted by Gasteiger charge is 2.35. The summed E-state index contributed by atoms with van der Waals surface area (Å²) in [5, 5.41) is 7.50. The van der Waals surface area contributed by atoms with Gasteiger partial charge in [0, 0.05) is 11.3 Å². The molecule has 1 aromatic heterocycles. The fourth-order valence-corrected chi connectivity index (χ4v) is 5.29. The van der Waals surface area contributed by atoms with Crippen LogP contribution >= 0.6 is 0 Å². The molecule has 1 aliphatic carbocycles. The topological polar surface area (TPSA) is 81.1 Å². The van der Waals surface area contributed by atoms with E-state index in [-0.39, 0.29) is 23.5 Å². The summed E-state index contributed by atoms with van der Waals surface area (Å²) in [7, 11) is -3.03. The summed E-state index contributed by atoms with van der Waals surface area (Å²) in [5.74, 6) is 0.0299. The van der Waals surface area contributed by atoms with Gasteiger partial charge in [0.15, 0.2) is 9.84 Å². The van der Waals surface area contributed by atoms with Gasteiger partial charge >= 0.3 is 0 Å². The van der Waals surface area contributed by atoms with Crippen molar-refractivity contribution in [1.82, 2.24) is 9.78 Å². The fourth-order valence-electron chi connectivity index (χ4n) is 3.60.